The normalized spacial score (nSPS) is 22.5. The Kier molecular flexibility index (Phi) is 2.84. The van der Waals surface area contributed by atoms with E-state index in [2.05, 4.69) is 14.8 Å². The summed E-state index contributed by atoms with van der Waals surface area (Å²) in [5.41, 5.74) is 0. The quantitative estimate of drug-likeness (QED) is 0.817. The Hall–Kier alpha value is -0.640. The number of nitrogens with zero attached hydrogens (tertiary/aromatic N) is 2. The van der Waals surface area contributed by atoms with E-state index in [-0.39, 0.29) is 0 Å². The second kappa shape index (κ2) is 4.32. The highest BCUT2D eigenvalue weighted by Gasteiger charge is 2.28. The lowest BCUT2D eigenvalue weighted by Crippen LogP contribution is -2.13. The molecule has 0 bridgehead atoms. The fraction of sp³-hybridized carbons (Fsp3) is 0.833. The van der Waals surface area contributed by atoms with Crippen LogP contribution in [0.5, 0.6) is 0 Å². The average molecular weight is 237 g/mol. The van der Waals surface area contributed by atoms with Crippen molar-refractivity contribution in [1.82, 2.24) is 14.8 Å². The van der Waals surface area contributed by atoms with Gasteiger partial charge in [0.05, 0.1) is 0 Å². The molecule has 1 aromatic rings. The molecular weight excluding hydrogens is 218 g/mol. The molecule has 3 rings (SSSR count). The second-order valence-corrected chi connectivity index (χ2v) is 5.64. The van der Waals surface area contributed by atoms with Gasteiger partial charge in [-0.1, -0.05) is 32.1 Å². The maximum Gasteiger partial charge on any atom is 0.195 e. The minimum atomic E-state index is 0.657. The molecule has 1 heterocycles. The van der Waals surface area contributed by atoms with Crippen molar-refractivity contribution in [3.63, 3.8) is 0 Å². The zero-order chi connectivity index (χ0) is 11.0. The SMILES string of the molecule is S=c1[nH]nc(CC2CCCCC2)n1C1CC1. The van der Waals surface area contributed by atoms with Gasteiger partial charge in [0.25, 0.3) is 0 Å². The van der Waals surface area contributed by atoms with Gasteiger partial charge in [-0.05, 0) is 31.0 Å². The largest absolute Gasteiger partial charge is 0.301 e. The molecule has 2 fully saturated rings. The Bertz CT molecular complexity index is 410. The highest BCUT2D eigenvalue weighted by molar-refractivity contribution is 7.71. The summed E-state index contributed by atoms with van der Waals surface area (Å²) < 4.78 is 3.09. The molecule has 0 atom stereocenters. The third kappa shape index (κ3) is 2.08. The van der Waals surface area contributed by atoms with Crippen molar-refractivity contribution in [3.05, 3.63) is 10.6 Å². The summed E-state index contributed by atoms with van der Waals surface area (Å²) in [5, 5.41) is 7.38. The number of H-pyrrole nitrogens is 1. The molecule has 2 saturated carbocycles. The van der Waals surface area contributed by atoms with Crippen LogP contribution in [0.4, 0.5) is 0 Å². The van der Waals surface area contributed by atoms with Crippen molar-refractivity contribution in [2.24, 2.45) is 5.92 Å². The lowest BCUT2D eigenvalue weighted by atomic mass is 9.87. The molecule has 0 amide bonds. The van der Waals surface area contributed by atoms with E-state index < -0.39 is 0 Å². The maximum absolute atomic E-state index is 5.30. The smallest absolute Gasteiger partial charge is 0.195 e. The van der Waals surface area contributed by atoms with Crippen LogP contribution in [0.3, 0.4) is 0 Å². The van der Waals surface area contributed by atoms with E-state index in [1.165, 1.54) is 50.8 Å². The Morgan fingerprint density at radius 1 is 1.19 bits per heavy atom. The van der Waals surface area contributed by atoms with E-state index in [9.17, 15) is 0 Å². The predicted molar refractivity (Wildman–Crippen MR) is 66.0 cm³/mol. The van der Waals surface area contributed by atoms with Crippen molar-refractivity contribution in [3.8, 4) is 0 Å². The van der Waals surface area contributed by atoms with E-state index in [0.29, 0.717) is 6.04 Å². The number of hydrogen-bond donors (Lipinski definition) is 1. The first kappa shape index (κ1) is 10.5. The van der Waals surface area contributed by atoms with Gasteiger partial charge in [-0.15, -0.1) is 0 Å². The van der Waals surface area contributed by atoms with Crippen LogP contribution in [0.1, 0.15) is 56.8 Å². The molecule has 0 aliphatic heterocycles. The standard InChI is InChI=1S/C12H19N3S/c16-12-14-13-11(15(12)10-6-7-10)8-9-4-2-1-3-5-9/h9-10H,1-8H2,(H,14,16). The summed E-state index contributed by atoms with van der Waals surface area (Å²) in [6, 6.07) is 0.657. The lowest BCUT2D eigenvalue weighted by Gasteiger charge is -2.21. The molecular formula is C12H19N3S. The number of aromatic nitrogens is 3. The predicted octanol–water partition coefficient (Wildman–Crippen LogP) is 3.40. The summed E-state index contributed by atoms with van der Waals surface area (Å²) in [6.45, 7) is 0. The first-order valence-corrected chi connectivity index (χ1v) is 6.91. The van der Waals surface area contributed by atoms with Gasteiger partial charge in [0.1, 0.15) is 5.82 Å². The molecule has 4 heteroatoms. The third-order valence-electron chi connectivity index (χ3n) is 3.89. The molecule has 0 unspecified atom stereocenters. The molecule has 0 saturated heterocycles. The van der Waals surface area contributed by atoms with E-state index >= 15 is 0 Å². The number of aromatic amines is 1. The fourth-order valence-corrected chi connectivity index (χ4v) is 3.14. The third-order valence-corrected chi connectivity index (χ3v) is 4.17. The van der Waals surface area contributed by atoms with Gasteiger partial charge in [0.2, 0.25) is 0 Å². The maximum atomic E-state index is 5.30. The van der Waals surface area contributed by atoms with Crippen LogP contribution in [0.2, 0.25) is 0 Å². The summed E-state index contributed by atoms with van der Waals surface area (Å²) in [7, 11) is 0. The first-order valence-electron chi connectivity index (χ1n) is 6.50. The molecule has 1 N–H and O–H groups in total. The molecule has 0 aromatic carbocycles. The fourth-order valence-electron chi connectivity index (χ4n) is 2.84. The molecule has 2 aliphatic carbocycles. The van der Waals surface area contributed by atoms with Crippen LogP contribution < -0.4 is 0 Å². The summed E-state index contributed by atoms with van der Waals surface area (Å²) in [6.07, 6.45) is 10.7. The van der Waals surface area contributed by atoms with Gasteiger partial charge in [0.15, 0.2) is 4.77 Å². The van der Waals surface area contributed by atoms with Crippen LogP contribution >= 0.6 is 12.2 Å². The average Bonchev–Trinajstić information content (AvgIpc) is 3.07. The minimum absolute atomic E-state index is 0.657. The Morgan fingerprint density at radius 2 is 1.94 bits per heavy atom. The van der Waals surface area contributed by atoms with Gasteiger partial charge in [-0.3, -0.25) is 5.10 Å². The number of hydrogen-bond acceptors (Lipinski definition) is 2. The van der Waals surface area contributed by atoms with Crippen molar-refractivity contribution < 1.29 is 0 Å². The Morgan fingerprint density at radius 3 is 2.62 bits per heavy atom. The van der Waals surface area contributed by atoms with Crippen molar-refractivity contribution >= 4 is 12.2 Å². The summed E-state index contributed by atoms with van der Waals surface area (Å²) in [5.74, 6) is 2.05. The monoisotopic (exact) mass is 237 g/mol. The highest BCUT2D eigenvalue weighted by Crippen LogP contribution is 2.37. The highest BCUT2D eigenvalue weighted by atomic mass is 32.1. The Balaban J connectivity index is 1.75. The molecule has 2 aliphatic rings. The molecule has 0 radical (unpaired) electrons. The topological polar surface area (TPSA) is 33.6 Å². The molecule has 3 nitrogen and oxygen atoms in total. The first-order chi connectivity index (χ1) is 7.84. The van der Waals surface area contributed by atoms with Gasteiger partial charge in [-0.25, -0.2) is 0 Å². The lowest BCUT2D eigenvalue weighted by molar-refractivity contribution is 0.347. The summed E-state index contributed by atoms with van der Waals surface area (Å²) >= 11 is 5.30. The molecule has 88 valence electrons. The van der Waals surface area contributed by atoms with Crippen LogP contribution in [0.15, 0.2) is 0 Å². The van der Waals surface area contributed by atoms with Gasteiger partial charge in [0, 0.05) is 12.5 Å². The van der Waals surface area contributed by atoms with E-state index in [1.54, 1.807) is 0 Å². The van der Waals surface area contributed by atoms with Gasteiger partial charge < -0.3 is 4.57 Å². The molecule has 0 spiro atoms. The van der Waals surface area contributed by atoms with Crippen LogP contribution in [-0.4, -0.2) is 14.8 Å². The summed E-state index contributed by atoms with van der Waals surface area (Å²) in [4.78, 5) is 0. The van der Waals surface area contributed by atoms with Gasteiger partial charge in [-0.2, -0.15) is 5.10 Å². The van der Waals surface area contributed by atoms with E-state index in [4.69, 9.17) is 12.2 Å². The van der Waals surface area contributed by atoms with Crippen molar-refractivity contribution in [2.75, 3.05) is 0 Å². The molecule has 16 heavy (non-hydrogen) atoms. The second-order valence-electron chi connectivity index (χ2n) is 5.25. The number of rotatable bonds is 3. The van der Waals surface area contributed by atoms with E-state index in [0.717, 1.165) is 17.1 Å². The van der Waals surface area contributed by atoms with Crippen molar-refractivity contribution in [1.29, 1.82) is 0 Å². The van der Waals surface area contributed by atoms with Crippen LogP contribution in [0, 0.1) is 10.7 Å². The van der Waals surface area contributed by atoms with E-state index in [1.807, 2.05) is 0 Å². The Labute approximate surface area is 101 Å². The molecule has 1 aromatic heterocycles. The van der Waals surface area contributed by atoms with Crippen molar-refractivity contribution in [2.45, 2.75) is 57.4 Å². The minimum Gasteiger partial charge on any atom is -0.301 e. The zero-order valence-corrected chi connectivity index (χ0v) is 10.4. The zero-order valence-electron chi connectivity index (χ0n) is 9.61. The van der Waals surface area contributed by atoms with Crippen LogP contribution in [0.25, 0.3) is 0 Å². The number of nitrogens with one attached hydrogen (secondary N) is 1. The van der Waals surface area contributed by atoms with Crippen LogP contribution in [-0.2, 0) is 6.42 Å². The van der Waals surface area contributed by atoms with Gasteiger partial charge >= 0.3 is 0 Å².